The lowest BCUT2D eigenvalue weighted by Gasteiger charge is -2.13. The van der Waals surface area contributed by atoms with Gasteiger partial charge in [0.2, 0.25) is 0 Å². The molecular formula is C12H18N2O3. The third kappa shape index (κ3) is 2.87. The fraction of sp³-hybridized carbons (Fsp3) is 0.583. The molecule has 17 heavy (non-hydrogen) atoms. The van der Waals surface area contributed by atoms with Crippen molar-refractivity contribution in [2.75, 3.05) is 13.2 Å². The van der Waals surface area contributed by atoms with Crippen LogP contribution in [-0.2, 0) is 6.54 Å². The molecule has 1 heterocycles. The van der Waals surface area contributed by atoms with E-state index in [9.17, 15) is 4.79 Å². The average Bonchev–Trinajstić information content (AvgIpc) is 2.93. The molecule has 1 aliphatic carbocycles. The van der Waals surface area contributed by atoms with Crippen LogP contribution in [0.2, 0.25) is 0 Å². The van der Waals surface area contributed by atoms with Gasteiger partial charge in [0.15, 0.2) is 5.76 Å². The monoisotopic (exact) mass is 238 g/mol. The van der Waals surface area contributed by atoms with Crippen molar-refractivity contribution in [2.45, 2.75) is 25.8 Å². The van der Waals surface area contributed by atoms with E-state index < -0.39 is 0 Å². The number of aliphatic hydroxyl groups is 1. The maximum Gasteiger partial charge on any atom is 0.287 e. The summed E-state index contributed by atoms with van der Waals surface area (Å²) in [6, 6.07) is 3.33. The molecular weight excluding hydrogens is 220 g/mol. The fourth-order valence-electron chi connectivity index (χ4n) is 1.89. The first-order valence-electron chi connectivity index (χ1n) is 5.87. The number of hydrogen-bond donors (Lipinski definition) is 3. The Morgan fingerprint density at radius 3 is 2.82 bits per heavy atom. The average molecular weight is 238 g/mol. The maximum atomic E-state index is 11.7. The minimum Gasteiger partial charge on any atom is -0.455 e. The van der Waals surface area contributed by atoms with Gasteiger partial charge >= 0.3 is 0 Å². The molecule has 0 atom stereocenters. The third-order valence-electron chi connectivity index (χ3n) is 3.31. The lowest BCUT2D eigenvalue weighted by atomic mass is 10.0. The number of carbonyl (C=O) groups is 1. The molecule has 0 aliphatic heterocycles. The fourth-order valence-corrected chi connectivity index (χ4v) is 1.89. The molecule has 1 saturated carbocycles. The second kappa shape index (κ2) is 4.89. The van der Waals surface area contributed by atoms with Crippen LogP contribution in [0.15, 0.2) is 16.5 Å². The molecule has 0 unspecified atom stereocenters. The molecule has 1 amide bonds. The highest BCUT2D eigenvalue weighted by Gasteiger charge is 2.42. The largest absolute Gasteiger partial charge is 0.455 e. The zero-order chi connectivity index (χ0) is 12.3. The Morgan fingerprint density at radius 2 is 2.29 bits per heavy atom. The van der Waals surface area contributed by atoms with Gasteiger partial charge < -0.3 is 20.6 Å². The number of carbonyl (C=O) groups excluding carboxylic acids is 1. The number of nitrogens with two attached hydrogens (primary N) is 1. The van der Waals surface area contributed by atoms with Gasteiger partial charge in [0, 0.05) is 13.2 Å². The molecule has 0 spiro atoms. The number of nitrogens with one attached hydrogen (secondary N) is 1. The summed E-state index contributed by atoms with van der Waals surface area (Å²) in [4.78, 5) is 11.7. The highest BCUT2D eigenvalue weighted by Crippen LogP contribution is 2.47. The Labute approximate surface area is 100.0 Å². The van der Waals surface area contributed by atoms with Crippen molar-refractivity contribution in [3.05, 3.63) is 23.7 Å². The van der Waals surface area contributed by atoms with E-state index in [0.717, 1.165) is 19.3 Å². The molecule has 0 saturated heterocycles. The second-order valence-electron chi connectivity index (χ2n) is 4.63. The number of furan rings is 1. The summed E-state index contributed by atoms with van der Waals surface area (Å²) in [6.07, 6.45) is 2.89. The van der Waals surface area contributed by atoms with E-state index in [-0.39, 0.29) is 17.9 Å². The van der Waals surface area contributed by atoms with Gasteiger partial charge in [-0.1, -0.05) is 0 Å². The predicted molar refractivity (Wildman–Crippen MR) is 62.3 cm³/mol. The van der Waals surface area contributed by atoms with Gasteiger partial charge in [0.25, 0.3) is 5.91 Å². The van der Waals surface area contributed by atoms with Gasteiger partial charge in [-0.3, -0.25) is 4.79 Å². The highest BCUT2D eigenvalue weighted by atomic mass is 16.4. The molecule has 2 rings (SSSR count). The van der Waals surface area contributed by atoms with Gasteiger partial charge in [-0.15, -0.1) is 0 Å². The van der Waals surface area contributed by atoms with Crippen molar-refractivity contribution in [1.29, 1.82) is 0 Å². The quantitative estimate of drug-likeness (QED) is 0.678. The van der Waals surface area contributed by atoms with Crippen molar-refractivity contribution in [2.24, 2.45) is 11.1 Å². The standard InChI is InChI=1S/C12H18N2O3/c13-7-9-1-2-10(17-9)11(16)14-8-12(3-4-12)5-6-15/h1-2,15H,3-8,13H2,(H,14,16). The van der Waals surface area contributed by atoms with Gasteiger partial charge in [-0.2, -0.15) is 0 Å². The summed E-state index contributed by atoms with van der Waals surface area (Å²) in [7, 11) is 0. The van der Waals surface area contributed by atoms with Crippen LogP contribution in [0.3, 0.4) is 0 Å². The third-order valence-corrected chi connectivity index (χ3v) is 3.31. The minimum atomic E-state index is -0.214. The van der Waals surface area contributed by atoms with Gasteiger partial charge in [0.05, 0.1) is 6.54 Å². The molecule has 5 nitrogen and oxygen atoms in total. The lowest BCUT2D eigenvalue weighted by Crippen LogP contribution is -2.30. The molecule has 5 heteroatoms. The zero-order valence-electron chi connectivity index (χ0n) is 9.74. The SMILES string of the molecule is NCc1ccc(C(=O)NCC2(CCO)CC2)o1. The van der Waals surface area contributed by atoms with Crippen molar-refractivity contribution in [3.8, 4) is 0 Å². The number of hydrogen-bond acceptors (Lipinski definition) is 4. The number of rotatable bonds is 6. The number of aliphatic hydroxyl groups excluding tert-OH is 1. The first-order chi connectivity index (χ1) is 8.19. The summed E-state index contributed by atoms with van der Waals surface area (Å²) in [5.74, 6) is 0.686. The van der Waals surface area contributed by atoms with E-state index in [2.05, 4.69) is 5.32 Å². The molecule has 0 bridgehead atoms. The van der Waals surface area contributed by atoms with E-state index in [0.29, 0.717) is 24.6 Å². The normalized spacial score (nSPS) is 16.8. The summed E-state index contributed by atoms with van der Waals surface area (Å²) in [5, 5.41) is 11.8. The van der Waals surface area contributed by atoms with E-state index in [4.69, 9.17) is 15.3 Å². The van der Waals surface area contributed by atoms with Crippen molar-refractivity contribution < 1.29 is 14.3 Å². The first kappa shape index (κ1) is 12.1. The van der Waals surface area contributed by atoms with Crippen LogP contribution < -0.4 is 11.1 Å². The Hall–Kier alpha value is -1.33. The lowest BCUT2D eigenvalue weighted by molar-refractivity contribution is 0.0911. The minimum absolute atomic E-state index is 0.119. The Bertz CT molecular complexity index is 396. The van der Waals surface area contributed by atoms with Crippen LogP contribution in [0, 0.1) is 5.41 Å². The van der Waals surface area contributed by atoms with E-state index in [1.54, 1.807) is 12.1 Å². The van der Waals surface area contributed by atoms with Crippen molar-refractivity contribution in [3.63, 3.8) is 0 Å². The van der Waals surface area contributed by atoms with Gasteiger partial charge in [-0.05, 0) is 36.8 Å². The molecule has 94 valence electrons. The molecule has 1 aromatic rings. The topological polar surface area (TPSA) is 88.5 Å². The molecule has 1 aromatic heterocycles. The first-order valence-corrected chi connectivity index (χ1v) is 5.87. The van der Waals surface area contributed by atoms with Crippen LogP contribution in [-0.4, -0.2) is 24.2 Å². The predicted octanol–water partition coefficient (Wildman–Crippen LogP) is 0.631. The second-order valence-corrected chi connectivity index (χ2v) is 4.63. The summed E-state index contributed by atoms with van der Waals surface area (Å²) in [6.45, 7) is 1.07. The smallest absolute Gasteiger partial charge is 0.287 e. The van der Waals surface area contributed by atoms with Gasteiger partial charge in [0.1, 0.15) is 5.76 Å². The maximum absolute atomic E-state index is 11.7. The summed E-state index contributed by atoms with van der Waals surface area (Å²) < 4.78 is 5.25. The zero-order valence-corrected chi connectivity index (χ0v) is 9.74. The van der Waals surface area contributed by atoms with Crippen LogP contribution >= 0.6 is 0 Å². The molecule has 4 N–H and O–H groups in total. The van der Waals surface area contributed by atoms with Crippen LogP contribution in [0.25, 0.3) is 0 Å². The Morgan fingerprint density at radius 1 is 1.53 bits per heavy atom. The molecule has 1 aliphatic rings. The molecule has 0 radical (unpaired) electrons. The number of amides is 1. The Kier molecular flexibility index (Phi) is 3.49. The summed E-state index contributed by atoms with van der Waals surface area (Å²) >= 11 is 0. The van der Waals surface area contributed by atoms with E-state index in [1.807, 2.05) is 0 Å². The van der Waals surface area contributed by atoms with E-state index in [1.165, 1.54) is 0 Å². The van der Waals surface area contributed by atoms with Crippen LogP contribution in [0.5, 0.6) is 0 Å². The van der Waals surface area contributed by atoms with Crippen molar-refractivity contribution in [1.82, 2.24) is 5.32 Å². The summed E-state index contributed by atoms with van der Waals surface area (Å²) in [5.41, 5.74) is 5.52. The van der Waals surface area contributed by atoms with Gasteiger partial charge in [-0.25, -0.2) is 0 Å². The molecule has 0 aromatic carbocycles. The van der Waals surface area contributed by atoms with Crippen LogP contribution in [0.1, 0.15) is 35.6 Å². The Balaban J connectivity index is 1.85. The van der Waals surface area contributed by atoms with E-state index >= 15 is 0 Å². The van der Waals surface area contributed by atoms with Crippen LogP contribution in [0.4, 0.5) is 0 Å². The molecule has 1 fully saturated rings. The van der Waals surface area contributed by atoms with Crippen molar-refractivity contribution >= 4 is 5.91 Å². The highest BCUT2D eigenvalue weighted by molar-refractivity contribution is 5.91.